The van der Waals surface area contributed by atoms with Crippen LogP contribution in [0.4, 0.5) is 5.00 Å². The number of carbonyl (C=O) groups is 1. The average molecular weight is 295 g/mol. The standard InChI is InChI=1S/C13H17N3O3S/c17-13(11-1-2-12(20-11)16(18)19)15-5-3-9-7-14-8-10(9)4-6-15/h1-2,9-10,14H,3-8H2/t9-,10+. The van der Waals surface area contributed by atoms with Crippen molar-refractivity contribution in [2.75, 3.05) is 26.2 Å². The van der Waals surface area contributed by atoms with Crippen LogP contribution in [0.1, 0.15) is 22.5 Å². The minimum atomic E-state index is -0.445. The van der Waals surface area contributed by atoms with Crippen LogP contribution in [0, 0.1) is 22.0 Å². The smallest absolute Gasteiger partial charge is 0.324 e. The molecular formula is C13H17N3O3S. The number of thiophene rings is 1. The van der Waals surface area contributed by atoms with Crippen molar-refractivity contribution in [3.05, 3.63) is 27.1 Å². The number of amides is 1. The Kier molecular flexibility index (Phi) is 3.71. The molecule has 6 nitrogen and oxygen atoms in total. The first kappa shape index (κ1) is 13.5. The number of nitrogens with one attached hydrogen (secondary N) is 1. The van der Waals surface area contributed by atoms with Crippen LogP contribution in [-0.4, -0.2) is 41.9 Å². The van der Waals surface area contributed by atoms with E-state index in [0.717, 1.165) is 50.4 Å². The van der Waals surface area contributed by atoms with E-state index in [1.165, 1.54) is 6.07 Å². The lowest BCUT2D eigenvalue weighted by Crippen LogP contribution is -2.32. The predicted molar refractivity (Wildman–Crippen MR) is 76.0 cm³/mol. The molecule has 20 heavy (non-hydrogen) atoms. The summed E-state index contributed by atoms with van der Waals surface area (Å²) in [5, 5.41) is 14.1. The molecule has 2 fully saturated rings. The highest BCUT2D eigenvalue weighted by Gasteiger charge is 2.32. The molecule has 0 spiro atoms. The molecule has 0 bridgehead atoms. The van der Waals surface area contributed by atoms with Gasteiger partial charge in [0, 0.05) is 19.2 Å². The fourth-order valence-corrected chi connectivity index (χ4v) is 3.91. The first-order valence-electron chi connectivity index (χ1n) is 6.89. The SMILES string of the molecule is O=C(c1ccc([N+](=O)[O-])s1)N1CC[C@@H]2CNC[C@@H]2CC1. The lowest BCUT2D eigenvalue weighted by atomic mass is 9.92. The number of nitrogens with zero attached hydrogens (tertiary/aromatic N) is 2. The van der Waals surface area contributed by atoms with Crippen LogP contribution in [-0.2, 0) is 0 Å². The molecule has 0 radical (unpaired) electrons. The molecule has 3 heterocycles. The third-order valence-corrected chi connectivity index (χ3v) is 5.31. The molecule has 2 aliphatic rings. The maximum Gasteiger partial charge on any atom is 0.324 e. The molecule has 1 aromatic heterocycles. The summed E-state index contributed by atoms with van der Waals surface area (Å²) < 4.78 is 0. The van der Waals surface area contributed by atoms with Crippen LogP contribution in [0.3, 0.4) is 0 Å². The van der Waals surface area contributed by atoms with Gasteiger partial charge in [0.15, 0.2) is 0 Å². The first-order valence-corrected chi connectivity index (χ1v) is 7.71. The van der Waals surface area contributed by atoms with Gasteiger partial charge in [-0.2, -0.15) is 0 Å². The summed E-state index contributed by atoms with van der Waals surface area (Å²) in [5.74, 6) is 1.28. The maximum atomic E-state index is 12.4. The predicted octanol–water partition coefficient (Wildman–Crippen LogP) is 1.73. The summed E-state index contributed by atoms with van der Waals surface area (Å²) in [6.45, 7) is 3.62. The minimum Gasteiger partial charge on any atom is -0.338 e. The molecular weight excluding hydrogens is 278 g/mol. The fourth-order valence-electron chi connectivity index (χ4n) is 3.12. The van der Waals surface area contributed by atoms with Crippen molar-refractivity contribution in [2.45, 2.75) is 12.8 Å². The van der Waals surface area contributed by atoms with Crippen molar-refractivity contribution in [3.8, 4) is 0 Å². The van der Waals surface area contributed by atoms with E-state index in [-0.39, 0.29) is 10.9 Å². The van der Waals surface area contributed by atoms with E-state index >= 15 is 0 Å². The summed E-state index contributed by atoms with van der Waals surface area (Å²) in [7, 11) is 0. The van der Waals surface area contributed by atoms with Crippen LogP contribution in [0.2, 0.25) is 0 Å². The van der Waals surface area contributed by atoms with E-state index in [4.69, 9.17) is 0 Å². The van der Waals surface area contributed by atoms with Crippen molar-refractivity contribution >= 4 is 22.2 Å². The molecule has 1 aromatic rings. The Labute approximate surface area is 120 Å². The number of nitro groups is 1. The Bertz CT molecular complexity index is 517. The second kappa shape index (κ2) is 5.49. The number of rotatable bonds is 2. The number of hydrogen-bond donors (Lipinski definition) is 1. The summed E-state index contributed by atoms with van der Waals surface area (Å²) in [6, 6.07) is 2.98. The van der Waals surface area contributed by atoms with E-state index in [1.807, 2.05) is 4.90 Å². The molecule has 108 valence electrons. The topological polar surface area (TPSA) is 75.5 Å². The van der Waals surface area contributed by atoms with Crippen molar-refractivity contribution in [2.24, 2.45) is 11.8 Å². The quantitative estimate of drug-likeness (QED) is 0.666. The van der Waals surface area contributed by atoms with Gasteiger partial charge in [-0.15, -0.1) is 0 Å². The summed E-state index contributed by atoms with van der Waals surface area (Å²) in [6.07, 6.45) is 2.05. The van der Waals surface area contributed by atoms with Crippen LogP contribution in [0.15, 0.2) is 12.1 Å². The van der Waals surface area contributed by atoms with Gasteiger partial charge in [-0.1, -0.05) is 11.3 Å². The molecule has 1 N–H and O–H groups in total. The van der Waals surface area contributed by atoms with Gasteiger partial charge >= 0.3 is 5.00 Å². The summed E-state index contributed by atoms with van der Waals surface area (Å²) >= 11 is 0.968. The highest BCUT2D eigenvalue weighted by Crippen LogP contribution is 2.29. The molecule has 2 saturated heterocycles. The number of carbonyl (C=O) groups excluding carboxylic acids is 1. The highest BCUT2D eigenvalue weighted by molar-refractivity contribution is 7.17. The van der Waals surface area contributed by atoms with Gasteiger partial charge in [0.25, 0.3) is 5.91 Å². The zero-order chi connectivity index (χ0) is 14.1. The van der Waals surface area contributed by atoms with Crippen molar-refractivity contribution < 1.29 is 9.72 Å². The van der Waals surface area contributed by atoms with E-state index in [2.05, 4.69) is 5.32 Å². The zero-order valence-corrected chi connectivity index (χ0v) is 11.9. The number of fused-ring (bicyclic) bond motifs is 1. The average Bonchev–Trinajstić information content (AvgIpc) is 3.04. The Morgan fingerprint density at radius 1 is 1.30 bits per heavy atom. The zero-order valence-electron chi connectivity index (χ0n) is 11.1. The Morgan fingerprint density at radius 2 is 1.95 bits per heavy atom. The van der Waals surface area contributed by atoms with E-state index in [1.54, 1.807) is 6.07 Å². The molecule has 0 aliphatic carbocycles. The number of likely N-dealkylation sites (tertiary alicyclic amines) is 1. The minimum absolute atomic E-state index is 0.0317. The second-order valence-corrected chi connectivity index (χ2v) is 6.51. The Morgan fingerprint density at radius 3 is 2.50 bits per heavy atom. The van der Waals surface area contributed by atoms with Gasteiger partial charge in [-0.05, 0) is 43.8 Å². The molecule has 2 atom stereocenters. The van der Waals surface area contributed by atoms with Crippen molar-refractivity contribution in [1.29, 1.82) is 0 Å². The molecule has 3 rings (SSSR count). The highest BCUT2D eigenvalue weighted by atomic mass is 32.1. The van der Waals surface area contributed by atoms with Gasteiger partial charge in [0.1, 0.15) is 0 Å². The molecule has 7 heteroatoms. The van der Waals surface area contributed by atoms with Gasteiger partial charge in [-0.25, -0.2) is 0 Å². The summed E-state index contributed by atoms with van der Waals surface area (Å²) in [4.78, 5) is 25.0. The van der Waals surface area contributed by atoms with Gasteiger partial charge in [-0.3, -0.25) is 14.9 Å². The largest absolute Gasteiger partial charge is 0.338 e. The third kappa shape index (κ3) is 2.55. The van der Waals surface area contributed by atoms with E-state index < -0.39 is 4.92 Å². The van der Waals surface area contributed by atoms with Gasteiger partial charge in [0.2, 0.25) is 0 Å². The molecule has 0 saturated carbocycles. The lowest BCUT2D eigenvalue weighted by molar-refractivity contribution is -0.380. The Hall–Kier alpha value is -1.47. The van der Waals surface area contributed by atoms with Crippen LogP contribution in [0.5, 0.6) is 0 Å². The fraction of sp³-hybridized carbons (Fsp3) is 0.615. The summed E-state index contributed by atoms with van der Waals surface area (Å²) in [5.41, 5.74) is 0. The van der Waals surface area contributed by atoms with Crippen LogP contribution < -0.4 is 5.32 Å². The van der Waals surface area contributed by atoms with E-state index in [9.17, 15) is 14.9 Å². The second-order valence-electron chi connectivity index (χ2n) is 5.44. The Balaban J connectivity index is 1.68. The molecule has 2 aliphatic heterocycles. The molecule has 0 aromatic carbocycles. The van der Waals surface area contributed by atoms with Gasteiger partial charge in [0.05, 0.1) is 9.80 Å². The monoisotopic (exact) mass is 295 g/mol. The maximum absolute atomic E-state index is 12.4. The lowest BCUT2D eigenvalue weighted by Gasteiger charge is -2.19. The molecule has 1 amide bonds. The van der Waals surface area contributed by atoms with Crippen molar-refractivity contribution in [3.63, 3.8) is 0 Å². The van der Waals surface area contributed by atoms with Crippen molar-refractivity contribution in [1.82, 2.24) is 10.2 Å². The van der Waals surface area contributed by atoms with Gasteiger partial charge < -0.3 is 10.2 Å². The van der Waals surface area contributed by atoms with Crippen LogP contribution in [0.25, 0.3) is 0 Å². The van der Waals surface area contributed by atoms with E-state index in [0.29, 0.717) is 16.7 Å². The normalized spacial score (nSPS) is 26.1. The number of hydrogen-bond acceptors (Lipinski definition) is 5. The third-order valence-electron chi connectivity index (χ3n) is 4.29. The van der Waals surface area contributed by atoms with Crippen LogP contribution >= 0.6 is 11.3 Å². The first-order chi connectivity index (χ1) is 9.65. The molecule has 0 unspecified atom stereocenters.